The zero-order chi connectivity index (χ0) is 5.82. The summed E-state index contributed by atoms with van der Waals surface area (Å²) in [7, 11) is 0. The van der Waals surface area contributed by atoms with Crippen LogP contribution in [0.15, 0.2) is 0 Å². The summed E-state index contributed by atoms with van der Waals surface area (Å²) in [5.41, 5.74) is 0. The Balaban J connectivity index is 1.74. The van der Waals surface area contributed by atoms with Crippen molar-refractivity contribution in [1.29, 1.82) is 0 Å². The molecule has 1 nitrogen and oxygen atoms in total. The van der Waals surface area contributed by atoms with Crippen LogP contribution >= 0.6 is 0 Å². The molecule has 0 aromatic carbocycles. The maximum atomic E-state index is 6.83. The van der Waals surface area contributed by atoms with Crippen molar-refractivity contribution in [2.45, 2.75) is 32.3 Å². The zero-order valence-electron chi connectivity index (χ0n) is 5.52. The van der Waals surface area contributed by atoms with Gasteiger partial charge in [0, 0.05) is 1.37 Å². The third-order valence-corrected chi connectivity index (χ3v) is 1.18. The molecule has 1 aliphatic rings. The van der Waals surface area contributed by atoms with Gasteiger partial charge in [-0.3, -0.25) is 0 Å². The highest BCUT2D eigenvalue weighted by Gasteiger charge is 2.20. The van der Waals surface area contributed by atoms with Crippen LogP contribution in [0.4, 0.5) is 0 Å². The van der Waals surface area contributed by atoms with Crippen molar-refractivity contribution in [2.24, 2.45) is 0 Å². The van der Waals surface area contributed by atoms with Crippen LogP contribution in [0.1, 0.15) is 27.5 Å². The molecule has 0 aliphatic carbocycles. The van der Waals surface area contributed by atoms with E-state index in [0.717, 1.165) is 13.0 Å². The molecule has 1 atom stereocenters. The molecule has 0 aromatic heterocycles. The molecule has 1 saturated heterocycles. The van der Waals surface area contributed by atoms with Gasteiger partial charge in [-0.2, -0.15) is 0 Å². The summed E-state index contributed by atoms with van der Waals surface area (Å²) < 4.78 is 11.8. The molecule has 0 N–H and O–H groups in total. The summed E-state index contributed by atoms with van der Waals surface area (Å²) in [4.78, 5) is 0. The second-order valence-corrected chi connectivity index (χ2v) is 1.95. The normalized spacial score (nSPS) is 29.7. The lowest BCUT2D eigenvalue weighted by molar-refractivity contribution is 0.391. The van der Waals surface area contributed by atoms with Gasteiger partial charge in [0.1, 0.15) is 0 Å². The van der Waals surface area contributed by atoms with Crippen molar-refractivity contribution in [1.82, 2.24) is 0 Å². The summed E-state index contributed by atoms with van der Waals surface area (Å²) in [6.07, 6.45) is 3.97. The van der Waals surface area contributed by atoms with Crippen LogP contribution in [0.2, 0.25) is 0 Å². The van der Waals surface area contributed by atoms with E-state index in [2.05, 4.69) is 0 Å². The molecule has 0 radical (unpaired) electrons. The van der Waals surface area contributed by atoms with E-state index in [-0.39, 0.29) is 0 Å². The van der Waals surface area contributed by atoms with Gasteiger partial charge in [-0.05, 0) is 6.42 Å². The largest absolute Gasteiger partial charge is 0.373 e. The van der Waals surface area contributed by atoms with Crippen molar-refractivity contribution in [2.75, 3.05) is 6.61 Å². The minimum absolute atomic E-state index is 0.571. The average Bonchev–Trinajstić information content (AvgIpc) is 2.51. The zero-order valence-corrected chi connectivity index (χ0v) is 4.52. The molecular formula is C6H12O. The maximum Gasteiger partial charge on any atom is 0.0810 e. The molecule has 0 bridgehead atoms. The van der Waals surface area contributed by atoms with E-state index in [1.807, 2.05) is 0 Å². The minimum Gasteiger partial charge on any atom is -0.373 e. The second kappa shape index (κ2) is 2.31. The lowest BCUT2D eigenvalue weighted by Crippen LogP contribution is -1.81. The minimum atomic E-state index is 0.571. The molecule has 0 aromatic rings. The van der Waals surface area contributed by atoms with Crippen LogP contribution < -0.4 is 0 Å². The van der Waals surface area contributed by atoms with Gasteiger partial charge >= 0.3 is 0 Å². The number of epoxide rings is 1. The Morgan fingerprint density at radius 2 is 2.86 bits per heavy atom. The van der Waals surface area contributed by atoms with Crippen LogP contribution in [0.5, 0.6) is 0 Å². The molecule has 42 valence electrons. The third-order valence-electron chi connectivity index (χ3n) is 1.18. The van der Waals surface area contributed by atoms with Gasteiger partial charge in [0.05, 0.1) is 12.7 Å². The summed E-state index contributed by atoms with van der Waals surface area (Å²) in [5.74, 6) is 0. The number of unbranched alkanes of at least 4 members (excludes halogenated alkanes) is 1. The van der Waals surface area contributed by atoms with Crippen LogP contribution in [0.3, 0.4) is 0 Å². The first kappa shape index (κ1) is 3.90. The topological polar surface area (TPSA) is 12.5 Å². The lowest BCUT2D eigenvalue weighted by Gasteiger charge is -1.86. The summed E-state index contributed by atoms with van der Waals surface area (Å²) in [6.45, 7) is 1.55. The van der Waals surface area contributed by atoms with Crippen molar-refractivity contribution in [3.63, 3.8) is 0 Å². The quantitative estimate of drug-likeness (QED) is 0.388. The molecule has 1 fully saturated rings. The number of rotatable bonds is 3. The first-order chi connectivity index (χ1) is 3.93. The number of ether oxygens (including phenoxy) is 1. The van der Waals surface area contributed by atoms with Gasteiger partial charge < -0.3 is 4.74 Å². The monoisotopic (exact) mass is 101 g/mol. The van der Waals surface area contributed by atoms with E-state index in [9.17, 15) is 0 Å². The molecule has 1 aliphatic heterocycles. The predicted molar refractivity (Wildman–Crippen MR) is 29.3 cm³/mol. The molecule has 0 saturated carbocycles. The molecule has 7 heavy (non-hydrogen) atoms. The molecule has 1 rings (SSSR count). The Morgan fingerprint density at radius 1 is 2.00 bits per heavy atom. The maximum absolute atomic E-state index is 6.83. The Kier molecular flexibility index (Phi) is 1.29. The van der Waals surface area contributed by atoms with E-state index in [1.54, 1.807) is 0 Å². The van der Waals surface area contributed by atoms with Crippen molar-refractivity contribution in [3.05, 3.63) is 0 Å². The van der Waals surface area contributed by atoms with Gasteiger partial charge in [-0.25, -0.2) is 0 Å². The Morgan fingerprint density at radius 3 is 3.43 bits per heavy atom. The van der Waals surface area contributed by atoms with Crippen LogP contribution in [-0.4, -0.2) is 12.7 Å². The Hall–Kier alpha value is -0.0400. The van der Waals surface area contributed by atoms with Crippen LogP contribution in [0, 0.1) is 0 Å². The molecule has 1 heteroatoms. The SMILES string of the molecule is [2H]CCCCC1CO1. The summed E-state index contributed by atoms with van der Waals surface area (Å²) in [5, 5.41) is 0. The average molecular weight is 101 g/mol. The second-order valence-electron chi connectivity index (χ2n) is 1.95. The van der Waals surface area contributed by atoms with Gasteiger partial charge in [-0.15, -0.1) is 0 Å². The fourth-order valence-corrected chi connectivity index (χ4v) is 0.607. The van der Waals surface area contributed by atoms with Crippen LogP contribution in [0.25, 0.3) is 0 Å². The molecule has 1 heterocycles. The highest BCUT2D eigenvalue weighted by atomic mass is 16.6. The van der Waals surface area contributed by atoms with Crippen molar-refractivity contribution < 1.29 is 6.11 Å². The lowest BCUT2D eigenvalue weighted by atomic mass is 10.2. The first-order valence-electron chi connectivity index (χ1n) is 3.55. The van der Waals surface area contributed by atoms with Crippen molar-refractivity contribution in [3.8, 4) is 0 Å². The van der Waals surface area contributed by atoms with E-state index in [4.69, 9.17) is 6.11 Å². The molecule has 0 spiro atoms. The summed E-state index contributed by atoms with van der Waals surface area (Å²) >= 11 is 0. The Bertz CT molecular complexity index is 61.5. The van der Waals surface area contributed by atoms with E-state index in [1.165, 1.54) is 12.8 Å². The standard InChI is InChI=1S/C6H12O/c1-2-3-4-6-5-7-6/h6H,2-5H2,1H3/i1D. The molecule has 1 unspecified atom stereocenters. The fourth-order valence-electron chi connectivity index (χ4n) is 0.607. The number of hydrogen-bond donors (Lipinski definition) is 0. The van der Waals surface area contributed by atoms with Crippen LogP contribution in [-0.2, 0) is 4.74 Å². The first-order valence-corrected chi connectivity index (χ1v) is 2.84. The molecule has 0 amide bonds. The van der Waals surface area contributed by atoms with Gasteiger partial charge in [0.2, 0.25) is 0 Å². The predicted octanol–water partition coefficient (Wildman–Crippen LogP) is 1.58. The third kappa shape index (κ3) is 1.93. The smallest absolute Gasteiger partial charge is 0.0810 e. The highest BCUT2D eigenvalue weighted by Crippen LogP contribution is 2.15. The highest BCUT2D eigenvalue weighted by molar-refractivity contribution is 4.67. The summed E-state index contributed by atoms with van der Waals surface area (Å²) in [6, 6.07) is 0. The van der Waals surface area contributed by atoms with E-state index >= 15 is 0 Å². The van der Waals surface area contributed by atoms with Gasteiger partial charge in [-0.1, -0.05) is 19.7 Å². The van der Waals surface area contributed by atoms with E-state index < -0.39 is 0 Å². The fraction of sp³-hybridized carbons (Fsp3) is 1.00. The van der Waals surface area contributed by atoms with E-state index in [0.29, 0.717) is 13.0 Å². The Labute approximate surface area is 46.1 Å². The van der Waals surface area contributed by atoms with Crippen molar-refractivity contribution >= 4 is 0 Å². The number of hydrogen-bond acceptors (Lipinski definition) is 1. The molecular weight excluding hydrogens is 88.1 g/mol. The van der Waals surface area contributed by atoms with Gasteiger partial charge in [0.15, 0.2) is 0 Å². The van der Waals surface area contributed by atoms with Gasteiger partial charge in [0.25, 0.3) is 0 Å².